The maximum Gasteiger partial charge on any atom is 0.530 e. The number of benzene rings is 3. The van der Waals surface area contributed by atoms with Crippen molar-refractivity contribution in [3.8, 4) is 17.2 Å². The van der Waals surface area contributed by atoms with Crippen molar-refractivity contribution in [2.45, 2.75) is 41.5 Å². The Bertz CT molecular complexity index is 992. The molecular weight excluding hydrogens is 439 g/mol. The lowest BCUT2D eigenvalue weighted by molar-refractivity contribution is 0.388. The van der Waals surface area contributed by atoms with Crippen molar-refractivity contribution in [3.05, 3.63) is 106 Å². The van der Waals surface area contributed by atoms with Gasteiger partial charge in [0.15, 0.2) is 0 Å². The predicted octanol–water partition coefficient (Wildman–Crippen LogP) is 9.72. The van der Waals surface area contributed by atoms with Gasteiger partial charge in [-0.05, 0) is 94.6 Å². The van der Waals surface area contributed by atoms with Gasteiger partial charge in [0.25, 0.3) is 0 Å². The molecule has 0 N–H and O–H groups in total. The summed E-state index contributed by atoms with van der Waals surface area (Å²) in [6.07, 6.45) is 6.38. The average molecular weight is 473 g/mol. The lowest BCUT2D eigenvalue weighted by Crippen LogP contribution is -2.02. The Balaban J connectivity index is 1.79. The summed E-state index contributed by atoms with van der Waals surface area (Å²) in [4.78, 5) is 0. The molecule has 0 saturated carbocycles. The molecule has 0 aliphatic heterocycles. The molecule has 0 aromatic heterocycles. The number of rotatable bonds is 9. The lowest BCUT2D eigenvalue weighted by Gasteiger charge is -2.18. The first-order chi connectivity index (χ1) is 16.3. The van der Waals surface area contributed by atoms with Crippen LogP contribution in [0.25, 0.3) is 18.2 Å². The Morgan fingerprint density at radius 2 is 0.676 bits per heavy atom. The summed E-state index contributed by atoms with van der Waals surface area (Å²) >= 11 is 0. The molecule has 0 aliphatic rings. The molecule has 176 valence electrons. The monoisotopic (exact) mass is 472 g/mol. The van der Waals surface area contributed by atoms with Crippen LogP contribution in [-0.4, -0.2) is 0 Å². The van der Waals surface area contributed by atoms with Crippen molar-refractivity contribution in [2.24, 2.45) is 0 Å². The van der Waals surface area contributed by atoms with Gasteiger partial charge in [0.2, 0.25) is 0 Å². The van der Waals surface area contributed by atoms with Crippen molar-refractivity contribution in [3.63, 3.8) is 0 Å². The van der Waals surface area contributed by atoms with Crippen LogP contribution in [0.3, 0.4) is 0 Å². The molecule has 0 unspecified atom stereocenters. The standard InChI is InChI=1S/C30H33O3P/c1-22(2)19-25-7-13-28(14-8-25)31-34(32-29-15-9-26(10-16-29)20-23(3)4)33-30-17-11-27(12-18-30)21-24(5)6/h7-21H,1-6H3. The van der Waals surface area contributed by atoms with Gasteiger partial charge in [0.05, 0.1) is 0 Å². The van der Waals surface area contributed by atoms with Crippen LogP contribution in [-0.2, 0) is 0 Å². The fourth-order valence-electron chi connectivity index (χ4n) is 3.19. The van der Waals surface area contributed by atoms with Crippen molar-refractivity contribution in [1.29, 1.82) is 0 Å². The normalized spacial score (nSPS) is 10.3. The highest BCUT2D eigenvalue weighted by Crippen LogP contribution is 2.42. The lowest BCUT2D eigenvalue weighted by atomic mass is 10.1. The molecule has 0 aliphatic carbocycles. The van der Waals surface area contributed by atoms with E-state index in [1.807, 2.05) is 72.8 Å². The Morgan fingerprint density at radius 3 is 0.882 bits per heavy atom. The quantitative estimate of drug-likeness (QED) is 0.290. The van der Waals surface area contributed by atoms with Crippen molar-refractivity contribution in [2.75, 3.05) is 0 Å². The highest BCUT2D eigenvalue weighted by Gasteiger charge is 2.20. The molecule has 3 nitrogen and oxygen atoms in total. The predicted molar refractivity (Wildman–Crippen MR) is 146 cm³/mol. The van der Waals surface area contributed by atoms with E-state index in [1.165, 1.54) is 16.7 Å². The van der Waals surface area contributed by atoms with Crippen LogP contribution >= 0.6 is 8.60 Å². The van der Waals surface area contributed by atoms with E-state index in [4.69, 9.17) is 13.6 Å². The van der Waals surface area contributed by atoms with Gasteiger partial charge in [-0.3, -0.25) is 0 Å². The Morgan fingerprint density at radius 1 is 0.441 bits per heavy atom. The first-order valence-corrected chi connectivity index (χ1v) is 12.5. The van der Waals surface area contributed by atoms with Crippen LogP contribution in [0, 0.1) is 0 Å². The molecule has 0 saturated heterocycles. The molecule has 3 rings (SSSR count). The zero-order valence-electron chi connectivity index (χ0n) is 20.8. The number of allylic oxidation sites excluding steroid dienone is 3. The SMILES string of the molecule is CC(C)=Cc1ccc(OP(Oc2ccc(C=C(C)C)cc2)Oc2ccc(C=C(C)C)cc2)cc1. The Hall–Kier alpha value is -3.29. The van der Waals surface area contributed by atoms with Crippen molar-refractivity contribution < 1.29 is 13.6 Å². The summed E-state index contributed by atoms with van der Waals surface area (Å²) in [6, 6.07) is 23.8. The third-order valence-electron chi connectivity index (χ3n) is 4.55. The van der Waals surface area contributed by atoms with E-state index in [1.54, 1.807) is 0 Å². The Labute approximate surface area is 205 Å². The maximum absolute atomic E-state index is 6.15. The zero-order valence-corrected chi connectivity index (χ0v) is 21.7. The largest absolute Gasteiger partial charge is 0.530 e. The summed E-state index contributed by atoms with van der Waals surface area (Å²) < 4.78 is 18.4. The number of hydrogen-bond donors (Lipinski definition) is 0. The van der Waals surface area contributed by atoms with Crippen molar-refractivity contribution in [1.82, 2.24) is 0 Å². The fourth-order valence-corrected chi connectivity index (χ4v) is 4.18. The second kappa shape index (κ2) is 12.3. The van der Waals surface area contributed by atoms with Crippen LogP contribution < -0.4 is 13.6 Å². The van der Waals surface area contributed by atoms with Crippen LogP contribution in [0.5, 0.6) is 17.2 Å². The van der Waals surface area contributed by atoms with E-state index in [0.717, 1.165) is 16.7 Å². The molecule has 0 spiro atoms. The average Bonchev–Trinajstić information content (AvgIpc) is 2.77. The molecule has 34 heavy (non-hydrogen) atoms. The molecule has 0 atom stereocenters. The van der Waals surface area contributed by atoms with Gasteiger partial charge in [-0.2, -0.15) is 0 Å². The maximum atomic E-state index is 6.15. The second-order valence-electron chi connectivity index (χ2n) is 8.87. The van der Waals surface area contributed by atoms with Gasteiger partial charge in [-0.25, -0.2) is 0 Å². The van der Waals surface area contributed by atoms with Gasteiger partial charge in [0.1, 0.15) is 17.2 Å². The minimum Gasteiger partial charge on any atom is -0.409 e. The summed E-state index contributed by atoms with van der Waals surface area (Å²) in [5.41, 5.74) is 7.12. The molecule has 3 aromatic rings. The van der Waals surface area contributed by atoms with E-state index in [2.05, 4.69) is 59.8 Å². The van der Waals surface area contributed by atoms with Gasteiger partial charge in [-0.15, -0.1) is 0 Å². The summed E-state index contributed by atoms with van der Waals surface area (Å²) in [5.74, 6) is 2.08. The van der Waals surface area contributed by atoms with E-state index in [0.29, 0.717) is 17.2 Å². The third kappa shape index (κ3) is 8.57. The fraction of sp³-hybridized carbons (Fsp3) is 0.200. The first-order valence-electron chi connectivity index (χ1n) is 11.4. The second-order valence-corrected chi connectivity index (χ2v) is 9.86. The van der Waals surface area contributed by atoms with E-state index in [9.17, 15) is 0 Å². The smallest absolute Gasteiger partial charge is 0.409 e. The summed E-state index contributed by atoms with van der Waals surface area (Å²) in [5, 5.41) is 0. The number of hydrogen-bond acceptors (Lipinski definition) is 3. The van der Waals surface area contributed by atoms with E-state index >= 15 is 0 Å². The Kier molecular flexibility index (Phi) is 9.13. The molecule has 0 heterocycles. The molecule has 0 amide bonds. The van der Waals surface area contributed by atoms with Crippen LogP contribution in [0.4, 0.5) is 0 Å². The summed E-state index contributed by atoms with van der Waals surface area (Å²) in [6.45, 7) is 12.5. The molecular formula is C30H33O3P. The zero-order chi connectivity index (χ0) is 24.5. The van der Waals surface area contributed by atoms with E-state index in [-0.39, 0.29) is 0 Å². The van der Waals surface area contributed by atoms with Gasteiger partial charge >= 0.3 is 8.60 Å². The van der Waals surface area contributed by atoms with Crippen LogP contribution in [0.15, 0.2) is 89.5 Å². The molecule has 0 radical (unpaired) electrons. The minimum atomic E-state index is -1.71. The van der Waals surface area contributed by atoms with Crippen molar-refractivity contribution >= 4 is 26.8 Å². The highest BCUT2D eigenvalue weighted by atomic mass is 31.2. The third-order valence-corrected chi connectivity index (χ3v) is 5.63. The van der Waals surface area contributed by atoms with Gasteiger partial charge in [0, 0.05) is 0 Å². The molecule has 0 bridgehead atoms. The molecule has 0 fully saturated rings. The first kappa shape index (κ1) is 25.3. The minimum absolute atomic E-state index is 0.694. The highest BCUT2D eigenvalue weighted by molar-refractivity contribution is 7.43. The summed E-state index contributed by atoms with van der Waals surface area (Å²) in [7, 11) is -1.71. The molecule has 3 aromatic carbocycles. The van der Waals surface area contributed by atoms with Gasteiger partial charge < -0.3 is 13.6 Å². The van der Waals surface area contributed by atoms with Gasteiger partial charge in [-0.1, -0.05) is 71.3 Å². The van der Waals surface area contributed by atoms with Crippen LogP contribution in [0.2, 0.25) is 0 Å². The topological polar surface area (TPSA) is 27.7 Å². The molecule has 4 heteroatoms. The van der Waals surface area contributed by atoms with E-state index < -0.39 is 8.60 Å². The van der Waals surface area contributed by atoms with Crippen LogP contribution in [0.1, 0.15) is 58.2 Å².